The van der Waals surface area contributed by atoms with Crippen LogP contribution in [0.1, 0.15) is 84.2 Å². The minimum atomic E-state index is -1.56. The Bertz CT molecular complexity index is 3700. The van der Waals surface area contributed by atoms with Gasteiger partial charge in [-0.2, -0.15) is 0 Å². The number of hydrogen-bond acceptors (Lipinski definition) is 22. The van der Waals surface area contributed by atoms with E-state index in [1.807, 2.05) is 162 Å². The first kappa shape index (κ1) is 91.6. The Morgan fingerprint density at radius 1 is 0.343 bits per heavy atom. The Morgan fingerprint density at radius 2 is 0.638 bits per heavy atom. The molecule has 0 spiro atoms. The highest BCUT2D eigenvalue weighted by molar-refractivity contribution is 6.33. The second kappa shape index (κ2) is 50.0. The Hall–Kier alpha value is -11.4. The fraction of sp³-hybridized carbons (Fsp3) is 0.392. The van der Waals surface area contributed by atoms with Gasteiger partial charge in [-0.3, -0.25) is 47.9 Å². The molecule has 0 aliphatic heterocycles. The van der Waals surface area contributed by atoms with Gasteiger partial charge in [0.25, 0.3) is 0 Å². The average molecular weight is 1460 g/mol. The summed E-state index contributed by atoms with van der Waals surface area (Å²) in [7, 11) is 13.5. The number of nitrogens with one attached hydrogen (secondary N) is 4. The predicted molar refractivity (Wildman–Crippen MR) is 386 cm³/mol. The maximum Gasteiger partial charge on any atom is 0.396 e. The van der Waals surface area contributed by atoms with Crippen LogP contribution >= 0.6 is 0 Å². The first-order valence-corrected chi connectivity index (χ1v) is 32.8. The monoisotopic (exact) mass is 1460 g/mol. The van der Waals surface area contributed by atoms with Gasteiger partial charge in [-0.05, 0) is 137 Å². The minimum Gasteiger partial charge on any atom is -0.474 e. The standard InChI is InChI=1S/C16H22N2O4.C15H20N2O5.C15H20N2O4.2C14H18N2O4/c1-12(19)11-18(15(20)16(21)22)9-3-4-13-5-7-14(8-6-13)10-17-2;1-16-8-11-4-6-12(7-5-11)9-17(10-13(18)21-2)14(19)15(20)22-3;1-11(18)10-17(14(19)15(20)21)8-7-12-3-5-13(6-4-12)9-16-2;1-10(17)8-16(13(18)14(19)20)9-11-5-4-6-12(7-11)15(2)3;1-10(17)8-16(13(18)14(19)20)9-12-5-3-11(4-6-12)7-15-2/h5-8,17H,3-4,9-11H2,1-2H3,(H,21,22);4-7,16H,8-10H2,1-3H3;3-6,16H,7-10H2,1-2H3,(H,20,21);4-7H,8-9H2,1-3H3,(H,19,20);3-6,15H,7-9H2,1-2H3,(H,19,20). The van der Waals surface area contributed by atoms with Crippen molar-refractivity contribution in [2.24, 2.45) is 0 Å². The number of nitrogens with zero attached hydrogens (tertiary/aromatic N) is 6. The third kappa shape index (κ3) is 37.9. The fourth-order valence-electron chi connectivity index (χ4n) is 9.48. The smallest absolute Gasteiger partial charge is 0.396 e. The predicted octanol–water partition coefficient (Wildman–Crippen LogP) is 2.54. The van der Waals surface area contributed by atoms with Crippen molar-refractivity contribution in [3.05, 3.63) is 171 Å². The van der Waals surface area contributed by atoms with E-state index in [2.05, 4.69) is 30.7 Å². The summed E-state index contributed by atoms with van der Waals surface area (Å²) >= 11 is 0. The zero-order valence-electron chi connectivity index (χ0n) is 61.5. The number of carbonyl (C=O) groups excluding carboxylic acids is 11. The van der Waals surface area contributed by atoms with Gasteiger partial charge in [0, 0.05) is 78.7 Å². The number of ketones is 4. The van der Waals surface area contributed by atoms with Crippen molar-refractivity contribution in [2.45, 2.75) is 92.8 Å². The molecule has 5 amide bonds. The van der Waals surface area contributed by atoms with Crippen LogP contribution in [0.15, 0.2) is 121 Å². The lowest BCUT2D eigenvalue weighted by atomic mass is 10.1. The molecule has 0 unspecified atom stereocenters. The highest BCUT2D eigenvalue weighted by Gasteiger charge is 2.28. The Morgan fingerprint density at radius 3 is 0.952 bits per heavy atom. The molecule has 0 saturated heterocycles. The molecule has 0 atom stereocenters. The van der Waals surface area contributed by atoms with Crippen molar-refractivity contribution in [3.63, 3.8) is 0 Å². The molecule has 8 N–H and O–H groups in total. The number of anilines is 1. The number of Topliss-reactive ketones (excluding diaryl/α,β-unsaturated/α-hetero) is 4. The van der Waals surface area contributed by atoms with Gasteiger partial charge in [0.05, 0.1) is 40.4 Å². The lowest BCUT2D eigenvalue weighted by molar-refractivity contribution is -0.160. The van der Waals surface area contributed by atoms with Crippen molar-refractivity contribution >= 4 is 94.2 Å². The van der Waals surface area contributed by atoms with Crippen LogP contribution in [0.25, 0.3) is 0 Å². The zero-order chi connectivity index (χ0) is 79.3. The van der Waals surface area contributed by atoms with Crippen molar-refractivity contribution in [1.29, 1.82) is 0 Å². The number of hydrogen-bond donors (Lipinski definition) is 8. The molecule has 0 aliphatic rings. The van der Waals surface area contributed by atoms with Crippen molar-refractivity contribution < 1.29 is 102 Å². The zero-order valence-corrected chi connectivity index (χ0v) is 61.5. The lowest BCUT2D eigenvalue weighted by Gasteiger charge is -2.20. The summed E-state index contributed by atoms with van der Waals surface area (Å²) < 4.78 is 8.95. The fourth-order valence-corrected chi connectivity index (χ4v) is 9.48. The number of benzene rings is 5. The Balaban J connectivity index is 0.000000657. The SMILES string of the molecule is CC(=O)CN(Cc1cccc(N(C)C)c1)C(=O)C(=O)O.CNCc1ccc(CCCN(CC(C)=O)C(=O)C(=O)O)cc1.CNCc1ccc(CCN(CC(C)=O)C(=O)C(=O)O)cc1.CNCc1ccc(CN(CC(=O)OC)C(=O)C(=O)OC)cc1.CNCc1ccc(CN(CC(C)=O)C(=O)C(=O)O)cc1. The lowest BCUT2D eigenvalue weighted by Crippen LogP contribution is -2.40. The van der Waals surface area contributed by atoms with Gasteiger partial charge in [-0.15, -0.1) is 0 Å². The maximum atomic E-state index is 11.9. The summed E-state index contributed by atoms with van der Waals surface area (Å²) in [4.78, 5) is 175. The molecule has 105 heavy (non-hydrogen) atoms. The molecule has 5 aromatic carbocycles. The third-order valence-electron chi connectivity index (χ3n) is 14.5. The molecular formula is C74H98N10O21. The summed E-state index contributed by atoms with van der Waals surface area (Å²) in [6.07, 6.45) is 1.84. The van der Waals surface area contributed by atoms with E-state index in [4.69, 9.17) is 20.4 Å². The van der Waals surface area contributed by atoms with Crippen molar-refractivity contribution in [3.8, 4) is 0 Å². The molecule has 0 aliphatic carbocycles. The number of carboxylic acid groups (broad SMARTS) is 4. The van der Waals surface area contributed by atoms with Gasteiger partial charge in [-0.1, -0.05) is 109 Å². The van der Waals surface area contributed by atoms with Gasteiger partial charge >= 0.3 is 65.4 Å². The highest BCUT2D eigenvalue weighted by Crippen LogP contribution is 2.17. The maximum absolute atomic E-state index is 11.9. The first-order valence-electron chi connectivity index (χ1n) is 32.8. The molecule has 0 fully saturated rings. The van der Waals surface area contributed by atoms with Crippen LogP contribution in [-0.4, -0.2) is 236 Å². The van der Waals surface area contributed by atoms with Crippen LogP contribution in [-0.2, 0) is 140 Å². The number of carbonyl (C=O) groups is 15. The molecule has 0 saturated carbocycles. The molecule has 0 heterocycles. The summed E-state index contributed by atoms with van der Waals surface area (Å²) in [6.45, 7) is 8.03. The van der Waals surface area contributed by atoms with Gasteiger partial charge in [0.2, 0.25) is 0 Å². The van der Waals surface area contributed by atoms with Crippen LogP contribution in [0.2, 0.25) is 0 Å². The minimum absolute atomic E-state index is 0.0897. The summed E-state index contributed by atoms with van der Waals surface area (Å²) in [5, 5.41) is 47.2. The second-order valence-corrected chi connectivity index (χ2v) is 23.8. The van der Waals surface area contributed by atoms with Crippen LogP contribution in [0.3, 0.4) is 0 Å². The number of rotatable bonds is 32. The third-order valence-corrected chi connectivity index (χ3v) is 14.5. The number of aryl methyl sites for hydroxylation is 1. The van der Waals surface area contributed by atoms with Crippen LogP contribution in [0, 0.1) is 0 Å². The van der Waals surface area contributed by atoms with E-state index < -0.39 is 65.4 Å². The van der Waals surface area contributed by atoms with Crippen molar-refractivity contribution in [1.82, 2.24) is 45.8 Å². The summed E-state index contributed by atoms with van der Waals surface area (Å²) in [5.74, 6) is -13.9. The number of ether oxygens (including phenoxy) is 2. The van der Waals surface area contributed by atoms with E-state index in [0.717, 1.165) is 114 Å². The highest BCUT2D eigenvalue weighted by atomic mass is 16.5. The van der Waals surface area contributed by atoms with E-state index in [0.29, 0.717) is 12.8 Å². The molecule has 570 valence electrons. The number of esters is 2. The molecular weight excluding hydrogens is 1360 g/mol. The Labute approximate surface area is 610 Å². The van der Waals surface area contributed by atoms with E-state index in [1.165, 1.54) is 40.4 Å². The first-order chi connectivity index (χ1) is 49.6. The van der Waals surface area contributed by atoms with E-state index >= 15 is 0 Å². The molecule has 5 rings (SSSR count). The normalized spacial score (nSPS) is 10.1. The quantitative estimate of drug-likeness (QED) is 0.0226. The summed E-state index contributed by atoms with van der Waals surface area (Å²) in [5.41, 5.74) is 9.88. The molecule has 31 heteroatoms. The van der Waals surface area contributed by atoms with Gasteiger partial charge in [0.15, 0.2) is 0 Å². The van der Waals surface area contributed by atoms with E-state index in [9.17, 15) is 71.9 Å². The molecule has 5 aromatic rings. The van der Waals surface area contributed by atoms with Gasteiger partial charge < -0.3 is 80.6 Å². The largest absolute Gasteiger partial charge is 0.474 e. The number of carboxylic acids is 4. The van der Waals surface area contributed by atoms with Gasteiger partial charge in [0.1, 0.15) is 29.7 Å². The second-order valence-electron chi connectivity index (χ2n) is 23.8. The Kier molecular flexibility index (Phi) is 43.7. The van der Waals surface area contributed by atoms with Crippen LogP contribution < -0.4 is 26.2 Å². The topological polar surface area (TPSA) is 423 Å². The van der Waals surface area contributed by atoms with Gasteiger partial charge in [-0.25, -0.2) is 24.0 Å². The summed E-state index contributed by atoms with van der Waals surface area (Å²) in [6, 6.07) is 38.2. The number of aliphatic carboxylic acids is 4. The van der Waals surface area contributed by atoms with E-state index in [-0.39, 0.29) is 88.6 Å². The van der Waals surface area contributed by atoms with Crippen LogP contribution in [0.4, 0.5) is 5.69 Å². The molecule has 0 aromatic heterocycles. The average Bonchev–Trinajstić information content (AvgIpc) is 0.875. The molecule has 31 nitrogen and oxygen atoms in total. The molecule has 0 radical (unpaired) electrons. The molecule has 0 bridgehead atoms. The van der Waals surface area contributed by atoms with Crippen molar-refractivity contribution in [2.75, 3.05) is 107 Å². The van der Waals surface area contributed by atoms with E-state index in [1.54, 1.807) is 6.07 Å². The van der Waals surface area contributed by atoms with Crippen LogP contribution in [0.5, 0.6) is 0 Å². The number of methoxy groups -OCH3 is 2. The number of amides is 5.